The number of benzene rings is 2. The highest BCUT2D eigenvalue weighted by Gasteiger charge is 2.49. The van der Waals surface area contributed by atoms with E-state index >= 15 is 0 Å². The van der Waals surface area contributed by atoms with Crippen molar-refractivity contribution < 1.29 is 19.8 Å². The molecule has 0 bridgehead atoms. The molecule has 3 aromatic rings. The number of H-pyrrole nitrogens is 1. The van der Waals surface area contributed by atoms with Crippen molar-refractivity contribution in [1.29, 1.82) is 0 Å². The van der Waals surface area contributed by atoms with Gasteiger partial charge in [0.1, 0.15) is 0 Å². The number of aromatic amines is 1. The smallest absolute Gasteiger partial charge is 0.413 e. The Hall–Kier alpha value is -3.39. The first-order valence-corrected chi connectivity index (χ1v) is 9.34. The second-order valence-corrected chi connectivity index (χ2v) is 7.66. The lowest BCUT2D eigenvalue weighted by Gasteiger charge is -2.36. The minimum Gasteiger partial charge on any atom is -0.465 e. The van der Waals surface area contributed by atoms with Crippen molar-refractivity contribution in [3.63, 3.8) is 0 Å². The highest BCUT2D eigenvalue weighted by Crippen LogP contribution is 2.43. The number of carbonyl (C=O) groups is 2. The summed E-state index contributed by atoms with van der Waals surface area (Å²) >= 11 is 0. The number of anilines is 1. The quantitative estimate of drug-likeness (QED) is 0.630. The van der Waals surface area contributed by atoms with Gasteiger partial charge in [0.2, 0.25) is 5.95 Å². The average Bonchev–Trinajstić information content (AvgIpc) is 3.21. The van der Waals surface area contributed by atoms with Gasteiger partial charge in [0, 0.05) is 30.3 Å². The second-order valence-electron chi connectivity index (χ2n) is 7.66. The molecule has 2 amide bonds. The molecule has 2 aromatic carbocycles. The van der Waals surface area contributed by atoms with E-state index in [-0.39, 0.29) is 17.8 Å². The highest BCUT2D eigenvalue weighted by molar-refractivity contribution is 6.00. The summed E-state index contributed by atoms with van der Waals surface area (Å²) in [6.07, 6.45) is -1.14. The third-order valence-electron chi connectivity index (χ3n) is 5.19. The summed E-state index contributed by atoms with van der Waals surface area (Å²) in [6, 6.07) is 12.2. The normalized spacial score (nSPS) is 18.5. The van der Waals surface area contributed by atoms with Crippen LogP contribution in [-0.4, -0.2) is 50.7 Å². The van der Waals surface area contributed by atoms with Gasteiger partial charge in [-0.2, -0.15) is 0 Å². The molecule has 1 aliphatic rings. The van der Waals surface area contributed by atoms with Gasteiger partial charge in [-0.3, -0.25) is 9.69 Å². The SMILES string of the molecule is CC(C)CN1C(=O)c2ccccc2C1(O)c1ccc2nc(N(C)C(=O)O)[nH]c2c1. The molecule has 8 heteroatoms. The lowest BCUT2D eigenvalue weighted by molar-refractivity contribution is -0.0543. The molecule has 4 rings (SSSR count). The molecule has 1 aromatic heterocycles. The van der Waals surface area contributed by atoms with E-state index in [0.717, 1.165) is 4.90 Å². The zero-order valence-electron chi connectivity index (χ0n) is 16.4. The fourth-order valence-corrected chi connectivity index (χ4v) is 3.77. The molecule has 1 atom stereocenters. The van der Waals surface area contributed by atoms with Crippen molar-refractivity contribution in [2.75, 3.05) is 18.5 Å². The van der Waals surface area contributed by atoms with Crippen LogP contribution in [0.3, 0.4) is 0 Å². The number of imidazole rings is 1. The lowest BCUT2D eigenvalue weighted by Crippen LogP contribution is -2.46. The van der Waals surface area contributed by atoms with E-state index in [1.54, 1.807) is 42.5 Å². The fraction of sp³-hybridized carbons (Fsp3) is 0.286. The van der Waals surface area contributed by atoms with Gasteiger partial charge < -0.3 is 20.1 Å². The third kappa shape index (κ3) is 2.84. The Morgan fingerprint density at radius 3 is 2.69 bits per heavy atom. The maximum atomic E-state index is 13.0. The molecule has 29 heavy (non-hydrogen) atoms. The average molecular weight is 394 g/mol. The number of nitrogens with one attached hydrogen (secondary N) is 1. The van der Waals surface area contributed by atoms with Crippen LogP contribution in [0.2, 0.25) is 0 Å². The van der Waals surface area contributed by atoms with Crippen molar-refractivity contribution in [2.24, 2.45) is 5.92 Å². The van der Waals surface area contributed by atoms with Gasteiger partial charge in [-0.15, -0.1) is 0 Å². The largest absolute Gasteiger partial charge is 0.465 e. The number of rotatable bonds is 4. The van der Waals surface area contributed by atoms with Gasteiger partial charge in [-0.05, 0) is 24.1 Å². The lowest BCUT2D eigenvalue weighted by atomic mass is 9.93. The van der Waals surface area contributed by atoms with Gasteiger partial charge >= 0.3 is 6.09 Å². The number of amides is 2. The van der Waals surface area contributed by atoms with Crippen molar-refractivity contribution in [3.8, 4) is 0 Å². The Bertz CT molecular complexity index is 1120. The summed E-state index contributed by atoms with van der Waals surface area (Å²) in [6.45, 7) is 4.36. The number of fused-ring (bicyclic) bond motifs is 2. The highest BCUT2D eigenvalue weighted by atomic mass is 16.4. The summed E-state index contributed by atoms with van der Waals surface area (Å²) in [5.74, 6) is 0.123. The molecule has 0 saturated carbocycles. The predicted molar refractivity (Wildman–Crippen MR) is 108 cm³/mol. The zero-order valence-corrected chi connectivity index (χ0v) is 16.4. The van der Waals surface area contributed by atoms with Crippen LogP contribution in [0, 0.1) is 5.92 Å². The predicted octanol–water partition coefficient (Wildman–Crippen LogP) is 2.98. The molecule has 8 nitrogen and oxygen atoms in total. The molecule has 0 radical (unpaired) electrons. The Balaban J connectivity index is 1.87. The Morgan fingerprint density at radius 1 is 1.28 bits per heavy atom. The standard InChI is InChI=1S/C21H22N4O4/c1-12(2)11-25-18(26)14-6-4-5-7-15(14)21(25,29)13-8-9-16-17(10-13)23-19(22-16)24(3)20(27)28/h4-10,12,29H,11H2,1-3H3,(H,22,23)(H,27,28). The first-order chi connectivity index (χ1) is 13.7. The van der Waals surface area contributed by atoms with E-state index in [1.165, 1.54) is 11.9 Å². The summed E-state index contributed by atoms with van der Waals surface area (Å²) < 4.78 is 0. The topological polar surface area (TPSA) is 110 Å². The number of carbonyl (C=O) groups excluding carboxylic acids is 1. The Kier molecular flexibility index (Phi) is 4.31. The van der Waals surface area contributed by atoms with E-state index in [4.69, 9.17) is 5.11 Å². The van der Waals surface area contributed by atoms with Gasteiger partial charge in [0.25, 0.3) is 5.91 Å². The summed E-state index contributed by atoms with van der Waals surface area (Å²) in [5, 5.41) is 21.0. The van der Waals surface area contributed by atoms with E-state index in [9.17, 15) is 14.7 Å². The van der Waals surface area contributed by atoms with Gasteiger partial charge in [0.15, 0.2) is 5.72 Å². The van der Waals surface area contributed by atoms with Crippen LogP contribution in [0.15, 0.2) is 42.5 Å². The summed E-state index contributed by atoms with van der Waals surface area (Å²) in [7, 11) is 1.39. The number of hydrogen-bond acceptors (Lipinski definition) is 4. The molecule has 0 spiro atoms. The molecule has 1 aliphatic heterocycles. The van der Waals surface area contributed by atoms with Gasteiger partial charge in [-0.25, -0.2) is 9.78 Å². The number of aromatic nitrogens is 2. The zero-order chi connectivity index (χ0) is 20.9. The molecule has 0 saturated heterocycles. The molecule has 2 heterocycles. The molecule has 1 unspecified atom stereocenters. The Morgan fingerprint density at radius 2 is 2.00 bits per heavy atom. The van der Waals surface area contributed by atoms with Crippen molar-refractivity contribution in [2.45, 2.75) is 19.6 Å². The first-order valence-electron chi connectivity index (χ1n) is 9.34. The maximum absolute atomic E-state index is 13.0. The molecule has 0 fully saturated rings. The molecular weight excluding hydrogens is 372 g/mol. The number of carboxylic acid groups (broad SMARTS) is 1. The van der Waals surface area contributed by atoms with Crippen LogP contribution in [0.4, 0.5) is 10.7 Å². The summed E-state index contributed by atoms with van der Waals surface area (Å²) in [4.78, 5) is 33.9. The maximum Gasteiger partial charge on any atom is 0.413 e. The minimum atomic E-state index is -1.61. The van der Waals surface area contributed by atoms with E-state index in [2.05, 4.69) is 9.97 Å². The van der Waals surface area contributed by atoms with Gasteiger partial charge in [-0.1, -0.05) is 38.1 Å². The van der Waals surface area contributed by atoms with E-state index < -0.39 is 11.8 Å². The minimum absolute atomic E-state index is 0.159. The van der Waals surface area contributed by atoms with Crippen molar-refractivity contribution >= 4 is 29.0 Å². The van der Waals surface area contributed by atoms with Crippen molar-refractivity contribution in [1.82, 2.24) is 14.9 Å². The van der Waals surface area contributed by atoms with E-state index in [1.807, 2.05) is 13.8 Å². The second kappa shape index (κ2) is 6.59. The Labute approximate surface area is 167 Å². The van der Waals surface area contributed by atoms with Crippen LogP contribution in [0.1, 0.15) is 35.3 Å². The number of hydrogen-bond donors (Lipinski definition) is 3. The van der Waals surface area contributed by atoms with Crippen LogP contribution in [0.5, 0.6) is 0 Å². The molecule has 3 N–H and O–H groups in total. The number of nitrogens with zero attached hydrogens (tertiary/aromatic N) is 3. The molecule has 150 valence electrons. The van der Waals surface area contributed by atoms with Crippen LogP contribution in [0.25, 0.3) is 11.0 Å². The van der Waals surface area contributed by atoms with Crippen LogP contribution < -0.4 is 4.90 Å². The monoisotopic (exact) mass is 394 g/mol. The third-order valence-corrected chi connectivity index (χ3v) is 5.19. The van der Waals surface area contributed by atoms with Crippen LogP contribution in [-0.2, 0) is 5.72 Å². The fourth-order valence-electron chi connectivity index (χ4n) is 3.77. The molecule has 0 aliphatic carbocycles. The van der Waals surface area contributed by atoms with Crippen molar-refractivity contribution in [3.05, 3.63) is 59.2 Å². The summed E-state index contributed by atoms with van der Waals surface area (Å²) in [5.41, 5.74) is 1.04. The first kappa shape index (κ1) is 18.9. The van der Waals surface area contributed by atoms with Crippen LogP contribution >= 0.6 is 0 Å². The van der Waals surface area contributed by atoms with Gasteiger partial charge in [0.05, 0.1) is 11.0 Å². The van der Waals surface area contributed by atoms with E-state index in [0.29, 0.717) is 34.3 Å². The number of aliphatic hydroxyl groups is 1. The molecular formula is C21H22N4O4.